The van der Waals surface area contributed by atoms with Gasteiger partial charge in [-0.2, -0.15) is 8.42 Å². The highest BCUT2D eigenvalue weighted by Crippen LogP contribution is 2.07. The van der Waals surface area contributed by atoms with Gasteiger partial charge in [0, 0.05) is 13.2 Å². The van der Waals surface area contributed by atoms with Gasteiger partial charge in [-0.15, -0.1) is 4.31 Å². The predicted molar refractivity (Wildman–Crippen MR) is 69.4 cm³/mol. The Morgan fingerprint density at radius 1 is 1.21 bits per heavy atom. The molecule has 0 aromatic carbocycles. The molecule has 0 fully saturated rings. The second kappa shape index (κ2) is 10.1. The Labute approximate surface area is 114 Å². The molecular weight excluding hydrogens is 274 g/mol. The maximum absolute atomic E-state index is 11.8. The van der Waals surface area contributed by atoms with Crippen LogP contribution < -0.4 is 0 Å². The lowest BCUT2D eigenvalue weighted by Gasteiger charge is -2.20. The summed E-state index contributed by atoms with van der Waals surface area (Å²) < 4.78 is 33.9. The van der Waals surface area contributed by atoms with Crippen molar-refractivity contribution < 1.29 is 27.2 Å². The third-order valence-corrected chi connectivity index (χ3v) is 3.60. The Bertz CT molecular complexity index is 343. The molecule has 0 aliphatic heterocycles. The molecule has 1 N–H and O–H groups in total. The second-order valence-corrected chi connectivity index (χ2v) is 5.53. The Morgan fingerprint density at radius 3 is 2.37 bits per heavy atom. The second-order valence-electron chi connectivity index (χ2n) is 3.99. The number of aliphatic hydroxyl groups is 1. The van der Waals surface area contributed by atoms with Gasteiger partial charge in [-0.1, -0.05) is 26.7 Å². The third-order valence-electron chi connectivity index (χ3n) is 2.28. The number of unbranched alkanes of at least 4 members (excludes halogenated alkanes) is 2. The summed E-state index contributed by atoms with van der Waals surface area (Å²) in [5.74, 6) is -1.20. The van der Waals surface area contributed by atoms with Crippen LogP contribution in [0.15, 0.2) is 0 Å². The average Bonchev–Trinajstić information content (AvgIpc) is 2.37. The van der Waals surface area contributed by atoms with Gasteiger partial charge >= 0.3 is 16.3 Å². The molecule has 19 heavy (non-hydrogen) atoms. The highest BCUT2D eigenvalue weighted by Gasteiger charge is 2.26. The van der Waals surface area contributed by atoms with E-state index in [1.54, 1.807) is 0 Å². The first kappa shape index (κ1) is 18.3. The highest BCUT2D eigenvalue weighted by atomic mass is 32.2. The quantitative estimate of drug-likeness (QED) is 0.444. The van der Waals surface area contributed by atoms with Crippen molar-refractivity contribution in [3.8, 4) is 0 Å². The average molecular weight is 297 g/mol. The van der Waals surface area contributed by atoms with Crippen LogP contribution in [0.1, 0.15) is 39.5 Å². The minimum Gasteiger partial charge on any atom is -0.385 e. The fourth-order valence-electron chi connectivity index (χ4n) is 1.18. The fourth-order valence-corrected chi connectivity index (χ4v) is 2.13. The van der Waals surface area contributed by atoms with E-state index in [-0.39, 0.29) is 13.3 Å². The molecule has 0 saturated heterocycles. The third kappa shape index (κ3) is 8.14. The zero-order chi connectivity index (χ0) is 14.7. The first-order valence-corrected chi connectivity index (χ1v) is 7.75. The Hall–Kier alpha value is -0.700. The summed E-state index contributed by atoms with van der Waals surface area (Å²) in [5.41, 5.74) is 0. The summed E-state index contributed by atoms with van der Waals surface area (Å²) in [7, 11) is -4.19. The van der Waals surface area contributed by atoms with Gasteiger partial charge in [0.15, 0.2) is 0 Å². The number of hydrogen-bond donors (Lipinski definition) is 1. The Morgan fingerprint density at radius 2 is 1.84 bits per heavy atom. The molecule has 0 radical (unpaired) electrons. The minimum absolute atomic E-state index is 0.152. The molecule has 0 spiro atoms. The van der Waals surface area contributed by atoms with Crippen molar-refractivity contribution in [3.63, 3.8) is 0 Å². The van der Waals surface area contributed by atoms with Crippen molar-refractivity contribution in [2.45, 2.75) is 39.5 Å². The predicted octanol–water partition coefficient (Wildman–Crippen LogP) is 0.643. The van der Waals surface area contributed by atoms with E-state index in [1.807, 2.05) is 13.8 Å². The van der Waals surface area contributed by atoms with Crippen molar-refractivity contribution in [1.29, 1.82) is 0 Å². The number of ether oxygens (including phenoxy) is 1. The largest absolute Gasteiger partial charge is 0.389 e. The standard InChI is InChI=1S/C11H23NO6S/c1-3-5-7-12(10-17-8-6-4-2)19(15,16)18-11(14)9-13/h13H,3-10H2,1-2H3. The van der Waals surface area contributed by atoms with Gasteiger partial charge in [0.1, 0.15) is 13.3 Å². The minimum atomic E-state index is -4.19. The topological polar surface area (TPSA) is 93.1 Å². The lowest BCUT2D eigenvalue weighted by molar-refractivity contribution is -0.137. The molecule has 8 heteroatoms. The van der Waals surface area contributed by atoms with Crippen LogP contribution in [0.2, 0.25) is 0 Å². The number of aliphatic hydroxyl groups excluding tert-OH is 1. The molecule has 0 rings (SSSR count). The SMILES string of the molecule is CCCCOCN(CCCC)S(=O)(=O)OC(=O)CO. The van der Waals surface area contributed by atoms with Gasteiger partial charge in [-0.3, -0.25) is 0 Å². The number of carbonyl (C=O) groups excluding carboxylic acids is 1. The van der Waals surface area contributed by atoms with E-state index < -0.39 is 22.9 Å². The van der Waals surface area contributed by atoms with Crippen molar-refractivity contribution in [1.82, 2.24) is 4.31 Å². The maximum atomic E-state index is 11.8. The molecule has 0 aromatic heterocycles. The molecular formula is C11H23NO6S. The molecule has 0 unspecified atom stereocenters. The first-order valence-electron chi connectivity index (χ1n) is 6.38. The Kier molecular flexibility index (Phi) is 9.76. The summed E-state index contributed by atoms with van der Waals surface area (Å²) in [6, 6.07) is 0. The highest BCUT2D eigenvalue weighted by molar-refractivity contribution is 7.84. The monoisotopic (exact) mass is 297 g/mol. The first-order chi connectivity index (χ1) is 8.97. The molecule has 0 saturated carbocycles. The van der Waals surface area contributed by atoms with E-state index in [4.69, 9.17) is 9.84 Å². The van der Waals surface area contributed by atoms with Crippen molar-refractivity contribution in [2.24, 2.45) is 0 Å². The van der Waals surface area contributed by atoms with E-state index in [2.05, 4.69) is 4.18 Å². The molecule has 0 atom stereocenters. The lowest BCUT2D eigenvalue weighted by atomic mass is 10.3. The van der Waals surface area contributed by atoms with E-state index in [0.717, 1.165) is 23.6 Å². The number of hydrogen-bond acceptors (Lipinski definition) is 6. The molecule has 0 aromatic rings. The lowest BCUT2D eigenvalue weighted by Crippen LogP contribution is -2.37. The summed E-state index contributed by atoms with van der Waals surface area (Å²) in [6.45, 7) is 3.45. The van der Waals surface area contributed by atoms with Crippen LogP contribution in [-0.4, -0.2) is 50.3 Å². The van der Waals surface area contributed by atoms with Crippen LogP contribution in [0.25, 0.3) is 0 Å². The summed E-state index contributed by atoms with van der Waals surface area (Å²) in [6.07, 6.45) is 3.21. The van der Waals surface area contributed by atoms with Crippen LogP contribution in [0, 0.1) is 0 Å². The number of carbonyl (C=O) groups is 1. The molecule has 0 bridgehead atoms. The molecule has 0 aliphatic rings. The van der Waals surface area contributed by atoms with Gasteiger partial charge in [0.05, 0.1) is 0 Å². The van der Waals surface area contributed by atoms with Crippen LogP contribution in [0.4, 0.5) is 0 Å². The smallest absolute Gasteiger partial charge is 0.385 e. The van der Waals surface area contributed by atoms with E-state index >= 15 is 0 Å². The molecule has 7 nitrogen and oxygen atoms in total. The van der Waals surface area contributed by atoms with Crippen LogP contribution in [0.5, 0.6) is 0 Å². The van der Waals surface area contributed by atoms with Crippen LogP contribution in [-0.2, 0) is 24.0 Å². The fraction of sp³-hybridized carbons (Fsp3) is 0.909. The zero-order valence-electron chi connectivity index (χ0n) is 11.5. The number of nitrogens with zero attached hydrogens (tertiary/aromatic N) is 1. The molecule has 114 valence electrons. The Balaban J connectivity index is 4.48. The van der Waals surface area contributed by atoms with E-state index in [9.17, 15) is 13.2 Å². The van der Waals surface area contributed by atoms with Gasteiger partial charge in [-0.25, -0.2) is 4.79 Å². The maximum Gasteiger partial charge on any atom is 0.389 e. The van der Waals surface area contributed by atoms with Crippen LogP contribution >= 0.6 is 0 Å². The zero-order valence-corrected chi connectivity index (χ0v) is 12.3. The van der Waals surface area contributed by atoms with E-state index in [1.165, 1.54) is 0 Å². The van der Waals surface area contributed by atoms with Gasteiger partial charge in [0.2, 0.25) is 0 Å². The normalized spacial score (nSPS) is 11.8. The molecule has 0 aliphatic carbocycles. The van der Waals surface area contributed by atoms with Crippen molar-refractivity contribution in [2.75, 3.05) is 26.5 Å². The van der Waals surface area contributed by atoms with Gasteiger partial charge in [-0.05, 0) is 12.8 Å². The van der Waals surface area contributed by atoms with E-state index in [0.29, 0.717) is 13.0 Å². The number of rotatable bonds is 11. The van der Waals surface area contributed by atoms with Crippen molar-refractivity contribution in [3.05, 3.63) is 0 Å². The van der Waals surface area contributed by atoms with Gasteiger partial charge in [0.25, 0.3) is 0 Å². The summed E-state index contributed by atoms with van der Waals surface area (Å²) in [5, 5.41) is 8.51. The summed E-state index contributed by atoms with van der Waals surface area (Å²) in [4.78, 5) is 10.9. The molecule has 0 amide bonds. The molecule has 0 heterocycles. The van der Waals surface area contributed by atoms with Crippen LogP contribution in [0.3, 0.4) is 0 Å². The van der Waals surface area contributed by atoms with Crippen molar-refractivity contribution >= 4 is 16.3 Å². The summed E-state index contributed by atoms with van der Waals surface area (Å²) >= 11 is 0. The van der Waals surface area contributed by atoms with Gasteiger partial charge < -0.3 is 14.0 Å².